The molecule has 57 heavy (non-hydrogen) atoms. The topological polar surface area (TPSA) is 121 Å². The summed E-state index contributed by atoms with van der Waals surface area (Å²) in [6.45, 7) is 0. The number of ether oxygens (including phenoxy) is 1. The number of hydrogen-bond donors (Lipinski definition) is 3. The van der Waals surface area contributed by atoms with Crippen molar-refractivity contribution in [3.05, 3.63) is 223 Å². The first-order valence-corrected chi connectivity index (χ1v) is 18.7. The van der Waals surface area contributed by atoms with Gasteiger partial charge in [-0.2, -0.15) is 0 Å². The summed E-state index contributed by atoms with van der Waals surface area (Å²) >= 11 is 0. The quantitative estimate of drug-likeness (QED) is 0.139. The molecule has 0 radical (unpaired) electrons. The lowest BCUT2D eigenvalue weighted by molar-refractivity contribution is 0.103. The summed E-state index contributed by atoms with van der Waals surface area (Å²) in [7, 11) is 1.56. The molecule has 0 fully saturated rings. The SMILES string of the molecule is COc1c2cccc1Cc1cc(C(=O)c3ccccc3)cc(c1O)Cc1cc(C(=O)c3ccccc3)cc(c1O)Cc1cc(C(=O)c3ccccc3)cc(c1O)C2. The lowest BCUT2D eigenvalue weighted by Gasteiger charge is -2.20. The van der Waals surface area contributed by atoms with Crippen molar-refractivity contribution >= 4 is 17.3 Å². The van der Waals surface area contributed by atoms with Gasteiger partial charge in [-0.05, 0) is 80.9 Å². The summed E-state index contributed by atoms with van der Waals surface area (Å²) in [6, 6.07) is 42.0. The zero-order chi connectivity index (χ0) is 39.6. The maximum absolute atomic E-state index is 14.0. The fraction of sp³-hybridized carbons (Fsp3) is 0.100. The summed E-state index contributed by atoms with van der Waals surface area (Å²) in [5.41, 5.74) is 6.20. The number of carbonyl (C=O) groups excluding carboxylic acids is 3. The average Bonchev–Trinajstić information content (AvgIpc) is 3.24. The Balaban J connectivity index is 1.37. The highest BCUT2D eigenvalue weighted by Crippen LogP contribution is 2.39. The molecule has 7 aromatic carbocycles. The Morgan fingerprint density at radius 1 is 0.368 bits per heavy atom. The van der Waals surface area contributed by atoms with E-state index in [1.807, 2.05) is 36.4 Å². The molecule has 7 aromatic rings. The fourth-order valence-corrected chi connectivity index (χ4v) is 7.75. The molecule has 1 aliphatic rings. The van der Waals surface area contributed by atoms with Crippen LogP contribution in [0.4, 0.5) is 0 Å². The van der Waals surface area contributed by atoms with Crippen molar-refractivity contribution in [2.45, 2.75) is 25.7 Å². The number of para-hydroxylation sites is 1. The van der Waals surface area contributed by atoms with Crippen LogP contribution in [0.3, 0.4) is 0 Å². The predicted octanol–water partition coefficient (Wildman–Crippen LogP) is 9.18. The molecule has 0 unspecified atom stereocenters. The highest BCUT2D eigenvalue weighted by molar-refractivity contribution is 6.10. The van der Waals surface area contributed by atoms with Gasteiger partial charge in [0.25, 0.3) is 0 Å². The van der Waals surface area contributed by atoms with Gasteiger partial charge in [-0.1, -0.05) is 109 Å². The molecule has 1 aliphatic carbocycles. The van der Waals surface area contributed by atoms with Crippen molar-refractivity contribution in [1.29, 1.82) is 0 Å². The minimum atomic E-state index is -0.283. The van der Waals surface area contributed by atoms with E-state index in [-0.39, 0.29) is 65.8 Å². The number of benzene rings is 7. The Morgan fingerprint density at radius 2 is 0.632 bits per heavy atom. The van der Waals surface area contributed by atoms with Crippen molar-refractivity contribution in [3.63, 3.8) is 0 Å². The second-order valence-electron chi connectivity index (χ2n) is 14.3. The van der Waals surface area contributed by atoms with E-state index in [0.29, 0.717) is 66.9 Å². The number of methoxy groups -OCH3 is 1. The summed E-state index contributed by atoms with van der Waals surface area (Å²) in [5.74, 6) is -0.451. The Kier molecular flexibility index (Phi) is 9.97. The molecular weight excluding hydrogens is 713 g/mol. The highest BCUT2D eigenvalue weighted by Gasteiger charge is 2.25. The van der Waals surface area contributed by atoms with Crippen LogP contribution in [0.25, 0.3) is 0 Å². The molecule has 0 heterocycles. The van der Waals surface area contributed by atoms with Crippen LogP contribution in [0, 0.1) is 0 Å². The number of aromatic hydroxyl groups is 3. The largest absolute Gasteiger partial charge is 0.507 e. The third kappa shape index (κ3) is 7.31. The van der Waals surface area contributed by atoms with E-state index < -0.39 is 0 Å². The predicted molar refractivity (Wildman–Crippen MR) is 218 cm³/mol. The van der Waals surface area contributed by atoms with Gasteiger partial charge in [-0.3, -0.25) is 14.4 Å². The smallest absolute Gasteiger partial charge is 0.193 e. The van der Waals surface area contributed by atoms with Gasteiger partial charge >= 0.3 is 0 Å². The number of rotatable bonds is 7. The molecule has 0 amide bonds. The van der Waals surface area contributed by atoms with Crippen LogP contribution in [0.1, 0.15) is 92.3 Å². The van der Waals surface area contributed by atoms with E-state index in [1.165, 1.54) is 0 Å². The Labute approximate surface area is 330 Å². The first kappa shape index (κ1) is 36.7. The normalized spacial score (nSPS) is 12.1. The molecular formula is C50H38O7. The average molecular weight is 751 g/mol. The zero-order valence-corrected chi connectivity index (χ0v) is 31.2. The molecule has 7 nitrogen and oxygen atoms in total. The summed E-state index contributed by atoms with van der Waals surface area (Å²) in [4.78, 5) is 41.9. The molecule has 280 valence electrons. The van der Waals surface area contributed by atoms with Crippen LogP contribution in [-0.4, -0.2) is 39.8 Å². The van der Waals surface area contributed by atoms with Gasteiger partial charge in [0.15, 0.2) is 17.3 Å². The van der Waals surface area contributed by atoms with Crippen molar-refractivity contribution in [3.8, 4) is 23.0 Å². The summed E-state index contributed by atoms with van der Waals surface area (Å²) in [6.07, 6.45) is 0.285. The van der Waals surface area contributed by atoms with E-state index in [2.05, 4.69) is 0 Å². The standard InChI is InChI=1S/C50H38O7/c1-57-50-33-18-11-19-34(50)21-36-23-38(45(52)31-14-7-3-8-15-31)25-41(48(36)55)29-43-27-39(46(53)32-16-9-4-10-17-32)26-42(49(43)56)28-40-24-37(22-35(20-33)47(40)54)44(51)30-12-5-2-6-13-30/h2-19,22-27,54-56H,20-21,28-29H2,1H3. The lowest BCUT2D eigenvalue weighted by atomic mass is 9.87. The fourth-order valence-electron chi connectivity index (χ4n) is 7.75. The Hall–Kier alpha value is -7.25. The van der Waals surface area contributed by atoms with E-state index in [0.717, 1.165) is 11.1 Å². The van der Waals surface area contributed by atoms with Crippen LogP contribution >= 0.6 is 0 Å². The second-order valence-corrected chi connectivity index (χ2v) is 14.3. The highest BCUT2D eigenvalue weighted by atomic mass is 16.5. The zero-order valence-electron chi connectivity index (χ0n) is 31.2. The van der Waals surface area contributed by atoms with Gasteiger partial charge in [0.1, 0.15) is 23.0 Å². The van der Waals surface area contributed by atoms with Gasteiger partial charge in [-0.15, -0.1) is 0 Å². The third-order valence-corrected chi connectivity index (χ3v) is 10.6. The molecule has 0 saturated carbocycles. The van der Waals surface area contributed by atoms with E-state index in [9.17, 15) is 29.7 Å². The number of carbonyl (C=O) groups is 3. The first-order valence-electron chi connectivity index (χ1n) is 18.7. The van der Waals surface area contributed by atoms with Crippen LogP contribution < -0.4 is 4.74 Å². The second kappa shape index (κ2) is 15.5. The van der Waals surface area contributed by atoms with E-state index in [4.69, 9.17) is 4.74 Å². The molecule has 0 saturated heterocycles. The number of fused-ring (bicyclic) bond motifs is 8. The molecule has 0 aromatic heterocycles. The van der Waals surface area contributed by atoms with Gasteiger partial charge in [0, 0.05) is 59.1 Å². The minimum absolute atomic E-state index is 0.0373. The number of hydrogen-bond acceptors (Lipinski definition) is 7. The molecule has 7 heteroatoms. The number of phenolic OH excluding ortho intramolecular Hbond substituents is 3. The Bertz CT molecular complexity index is 2530. The molecule has 8 bridgehead atoms. The van der Waals surface area contributed by atoms with Crippen LogP contribution in [0.15, 0.2) is 146 Å². The molecule has 0 aliphatic heterocycles. The van der Waals surface area contributed by atoms with Gasteiger partial charge in [-0.25, -0.2) is 0 Å². The summed E-state index contributed by atoms with van der Waals surface area (Å²) in [5, 5.41) is 36.0. The maximum atomic E-state index is 14.0. The number of ketones is 3. The Morgan fingerprint density at radius 3 is 0.895 bits per heavy atom. The first-order chi connectivity index (χ1) is 27.7. The van der Waals surface area contributed by atoms with Gasteiger partial charge in [0.2, 0.25) is 0 Å². The molecule has 0 spiro atoms. The molecule has 8 rings (SSSR count). The minimum Gasteiger partial charge on any atom is -0.507 e. The number of phenols is 3. The third-order valence-electron chi connectivity index (χ3n) is 10.6. The van der Waals surface area contributed by atoms with Gasteiger partial charge in [0.05, 0.1) is 7.11 Å². The van der Waals surface area contributed by atoms with Crippen molar-refractivity contribution in [2.75, 3.05) is 7.11 Å². The van der Waals surface area contributed by atoms with Crippen molar-refractivity contribution in [1.82, 2.24) is 0 Å². The monoisotopic (exact) mass is 750 g/mol. The lowest BCUT2D eigenvalue weighted by Crippen LogP contribution is -2.09. The summed E-state index contributed by atoms with van der Waals surface area (Å²) < 4.78 is 6.00. The van der Waals surface area contributed by atoms with Crippen molar-refractivity contribution in [2.24, 2.45) is 0 Å². The van der Waals surface area contributed by atoms with Crippen LogP contribution in [0.2, 0.25) is 0 Å². The van der Waals surface area contributed by atoms with E-state index in [1.54, 1.807) is 116 Å². The molecule has 3 N–H and O–H groups in total. The molecule has 0 atom stereocenters. The van der Waals surface area contributed by atoms with Gasteiger partial charge < -0.3 is 20.1 Å². The van der Waals surface area contributed by atoms with Crippen LogP contribution in [-0.2, 0) is 25.7 Å². The maximum Gasteiger partial charge on any atom is 0.193 e. The van der Waals surface area contributed by atoms with Crippen LogP contribution in [0.5, 0.6) is 23.0 Å². The van der Waals surface area contributed by atoms with Crippen molar-refractivity contribution < 1.29 is 34.4 Å². The van der Waals surface area contributed by atoms with E-state index >= 15 is 0 Å².